The highest BCUT2D eigenvalue weighted by molar-refractivity contribution is 7.90. The Hall–Kier alpha value is -3.11. The Bertz CT molecular complexity index is 1310. The van der Waals surface area contributed by atoms with Gasteiger partial charge in [-0.25, -0.2) is 17.9 Å². The lowest BCUT2D eigenvalue weighted by Gasteiger charge is -2.44. The van der Waals surface area contributed by atoms with Gasteiger partial charge in [0.15, 0.2) is 0 Å². The standard InChI is InChI=1S/C26H31ClN4O5S/c1-3-26(15-32,31-16-28-24(33)22-14-19(27)9-12-23(22)31)18-5-4-6-21(13-18)37(35,36)30-25(34)29-20-10-7-17(2)8-11-20/h4-6,9,12-15,17,20H,3,7-8,10-11,16H2,1-2H3,(H,28,33)(H2,29,30,34). The quantitative estimate of drug-likeness (QED) is 0.452. The molecule has 3 amide bonds. The number of anilines is 1. The van der Waals surface area contributed by atoms with Gasteiger partial charge in [0, 0.05) is 11.1 Å². The van der Waals surface area contributed by atoms with Crippen LogP contribution in [-0.2, 0) is 20.4 Å². The van der Waals surface area contributed by atoms with E-state index in [1.54, 1.807) is 30.0 Å². The average Bonchev–Trinajstić information content (AvgIpc) is 2.88. The number of halogens is 1. The Morgan fingerprint density at radius 3 is 2.59 bits per heavy atom. The molecule has 1 saturated carbocycles. The van der Waals surface area contributed by atoms with Gasteiger partial charge in [0.25, 0.3) is 15.9 Å². The third-order valence-corrected chi connectivity index (χ3v) is 8.89. The smallest absolute Gasteiger partial charge is 0.328 e. The number of carbonyl (C=O) groups is 3. The molecule has 0 radical (unpaired) electrons. The lowest BCUT2D eigenvalue weighted by atomic mass is 9.85. The summed E-state index contributed by atoms with van der Waals surface area (Å²) in [5.74, 6) is 0.282. The van der Waals surface area contributed by atoms with Crippen molar-refractivity contribution in [1.82, 2.24) is 15.4 Å². The zero-order chi connectivity index (χ0) is 26.8. The molecule has 1 heterocycles. The summed E-state index contributed by atoms with van der Waals surface area (Å²) in [4.78, 5) is 39.2. The molecule has 1 aliphatic heterocycles. The summed E-state index contributed by atoms with van der Waals surface area (Å²) >= 11 is 6.09. The molecule has 37 heavy (non-hydrogen) atoms. The SMILES string of the molecule is CCC(C=O)(c1cccc(S(=O)(=O)NC(=O)NC2CCC(C)CC2)c1)N1CNC(=O)c2cc(Cl)ccc21. The van der Waals surface area contributed by atoms with E-state index in [0.29, 0.717) is 27.8 Å². The average molecular weight is 547 g/mol. The summed E-state index contributed by atoms with van der Waals surface area (Å²) in [6.07, 6.45) is 4.61. The molecule has 1 atom stereocenters. The number of amides is 3. The lowest BCUT2D eigenvalue weighted by Crippen LogP contribution is -2.55. The van der Waals surface area contributed by atoms with Gasteiger partial charge < -0.3 is 20.3 Å². The third kappa shape index (κ3) is 5.45. The van der Waals surface area contributed by atoms with Crippen LogP contribution in [0.2, 0.25) is 5.02 Å². The first-order valence-corrected chi connectivity index (χ1v) is 14.2. The zero-order valence-corrected chi connectivity index (χ0v) is 22.4. The van der Waals surface area contributed by atoms with Crippen molar-refractivity contribution in [3.05, 3.63) is 58.6 Å². The summed E-state index contributed by atoms with van der Waals surface area (Å²) < 4.78 is 28.3. The topological polar surface area (TPSA) is 125 Å². The van der Waals surface area contributed by atoms with Crippen molar-refractivity contribution in [2.45, 2.75) is 62.4 Å². The Balaban J connectivity index is 1.62. The van der Waals surface area contributed by atoms with Crippen LogP contribution in [0.25, 0.3) is 0 Å². The van der Waals surface area contributed by atoms with Crippen molar-refractivity contribution < 1.29 is 22.8 Å². The third-order valence-electron chi connectivity index (χ3n) is 7.33. The molecule has 0 saturated heterocycles. The minimum Gasteiger partial charge on any atom is -0.337 e. The molecule has 2 aliphatic rings. The van der Waals surface area contributed by atoms with Gasteiger partial charge in [0.2, 0.25) is 0 Å². The number of rotatable bonds is 7. The fraction of sp³-hybridized carbons (Fsp3) is 0.423. The Kier molecular flexibility index (Phi) is 7.80. The number of hydrogen-bond acceptors (Lipinski definition) is 6. The van der Waals surface area contributed by atoms with Gasteiger partial charge in [-0.15, -0.1) is 0 Å². The minimum atomic E-state index is -4.21. The van der Waals surface area contributed by atoms with E-state index in [0.717, 1.165) is 32.0 Å². The highest BCUT2D eigenvalue weighted by Gasteiger charge is 2.41. The van der Waals surface area contributed by atoms with Gasteiger partial charge in [-0.1, -0.05) is 37.6 Å². The maximum atomic E-state index is 13.1. The van der Waals surface area contributed by atoms with Crippen LogP contribution in [-0.4, -0.2) is 39.4 Å². The van der Waals surface area contributed by atoms with Crippen LogP contribution in [0, 0.1) is 5.92 Å². The molecule has 9 nitrogen and oxygen atoms in total. The first-order valence-electron chi connectivity index (χ1n) is 12.3. The van der Waals surface area contributed by atoms with Crippen molar-refractivity contribution in [1.29, 1.82) is 0 Å². The normalized spacial score (nSPS) is 21.3. The Morgan fingerprint density at radius 2 is 1.92 bits per heavy atom. The number of carbonyl (C=O) groups excluding carboxylic acids is 3. The van der Waals surface area contributed by atoms with Gasteiger partial charge in [-0.3, -0.25) is 4.79 Å². The molecule has 0 aromatic heterocycles. The first-order chi connectivity index (χ1) is 17.6. The molecule has 2 aromatic carbocycles. The van der Waals surface area contributed by atoms with E-state index >= 15 is 0 Å². The van der Waals surface area contributed by atoms with Gasteiger partial charge in [-0.05, 0) is 73.9 Å². The second-order valence-electron chi connectivity index (χ2n) is 9.71. The number of benzene rings is 2. The summed E-state index contributed by atoms with van der Waals surface area (Å²) in [7, 11) is -4.21. The van der Waals surface area contributed by atoms with Gasteiger partial charge >= 0.3 is 6.03 Å². The molecule has 4 rings (SSSR count). The molecular formula is C26H31ClN4O5S. The highest BCUT2D eigenvalue weighted by atomic mass is 35.5. The van der Waals surface area contributed by atoms with Crippen LogP contribution < -0.4 is 20.3 Å². The van der Waals surface area contributed by atoms with Crippen LogP contribution in [0.4, 0.5) is 10.5 Å². The van der Waals surface area contributed by atoms with E-state index < -0.39 is 21.6 Å². The Labute approximate surface area is 222 Å². The number of hydrogen-bond donors (Lipinski definition) is 3. The number of nitrogens with zero attached hydrogens (tertiary/aromatic N) is 1. The van der Waals surface area contributed by atoms with Crippen molar-refractivity contribution in [2.24, 2.45) is 5.92 Å². The predicted octanol–water partition coefficient (Wildman–Crippen LogP) is 3.92. The maximum Gasteiger partial charge on any atom is 0.328 e. The molecule has 3 N–H and O–H groups in total. The molecule has 2 aromatic rings. The number of urea groups is 1. The molecule has 0 bridgehead atoms. The maximum absolute atomic E-state index is 13.1. The minimum absolute atomic E-state index is 0.0394. The number of fused-ring (bicyclic) bond motifs is 1. The van der Waals surface area contributed by atoms with E-state index in [1.165, 1.54) is 24.3 Å². The van der Waals surface area contributed by atoms with Crippen molar-refractivity contribution in [3.63, 3.8) is 0 Å². The molecule has 1 unspecified atom stereocenters. The second-order valence-corrected chi connectivity index (χ2v) is 11.8. The number of nitrogens with one attached hydrogen (secondary N) is 3. The molecular weight excluding hydrogens is 516 g/mol. The van der Waals surface area contributed by atoms with Crippen LogP contribution >= 0.6 is 11.6 Å². The molecule has 11 heteroatoms. The van der Waals surface area contributed by atoms with Gasteiger partial charge in [0.1, 0.15) is 11.8 Å². The van der Waals surface area contributed by atoms with Gasteiger partial charge in [0.05, 0.1) is 22.8 Å². The molecule has 1 aliphatic carbocycles. The lowest BCUT2D eigenvalue weighted by molar-refractivity contribution is -0.112. The fourth-order valence-electron chi connectivity index (χ4n) is 5.11. The van der Waals surface area contributed by atoms with Crippen molar-refractivity contribution in [3.8, 4) is 0 Å². The van der Waals surface area contributed by atoms with Crippen LogP contribution in [0.5, 0.6) is 0 Å². The van der Waals surface area contributed by atoms with Crippen molar-refractivity contribution >= 4 is 45.5 Å². The van der Waals surface area contributed by atoms with E-state index in [1.807, 2.05) is 0 Å². The summed E-state index contributed by atoms with van der Waals surface area (Å²) in [6.45, 7) is 4.00. The van der Waals surface area contributed by atoms with E-state index in [4.69, 9.17) is 11.6 Å². The van der Waals surface area contributed by atoms with E-state index in [9.17, 15) is 22.8 Å². The molecule has 0 spiro atoms. The van der Waals surface area contributed by atoms with Crippen LogP contribution in [0.3, 0.4) is 0 Å². The van der Waals surface area contributed by atoms with Crippen LogP contribution in [0.1, 0.15) is 61.9 Å². The molecule has 1 fully saturated rings. The monoisotopic (exact) mass is 546 g/mol. The second kappa shape index (κ2) is 10.7. The zero-order valence-electron chi connectivity index (χ0n) is 20.8. The molecule has 198 valence electrons. The summed E-state index contributed by atoms with van der Waals surface area (Å²) in [6, 6.07) is 9.95. The summed E-state index contributed by atoms with van der Waals surface area (Å²) in [5.41, 5.74) is -0.0537. The van der Waals surface area contributed by atoms with E-state index in [-0.39, 0.29) is 29.9 Å². The highest BCUT2D eigenvalue weighted by Crippen LogP contribution is 2.39. The Morgan fingerprint density at radius 1 is 1.19 bits per heavy atom. The fourth-order valence-corrected chi connectivity index (χ4v) is 6.24. The van der Waals surface area contributed by atoms with Gasteiger partial charge in [-0.2, -0.15) is 0 Å². The number of aldehydes is 1. The first kappa shape index (κ1) is 26.9. The van der Waals surface area contributed by atoms with E-state index in [2.05, 4.69) is 22.3 Å². The van der Waals surface area contributed by atoms with Crippen LogP contribution in [0.15, 0.2) is 47.4 Å². The van der Waals surface area contributed by atoms with Crippen molar-refractivity contribution in [2.75, 3.05) is 11.6 Å². The predicted molar refractivity (Wildman–Crippen MR) is 141 cm³/mol. The summed E-state index contributed by atoms with van der Waals surface area (Å²) in [5, 5.41) is 5.90. The number of sulfonamides is 1. The largest absolute Gasteiger partial charge is 0.337 e.